The molecule has 1 aromatic heterocycles. The maximum atomic E-state index is 13.4. The second kappa shape index (κ2) is 14.2. The molecule has 1 N–H and O–H groups in total. The fourth-order valence-electron chi connectivity index (χ4n) is 6.67. The van der Waals surface area contributed by atoms with Gasteiger partial charge in [0.1, 0.15) is 5.75 Å². The first kappa shape index (κ1) is 32.0. The number of aliphatic carboxylic acids is 1. The van der Waals surface area contributed by atoms with E-state index < -0.39 is 5.97 Å². The van der Waals surface area contributed by atoms with Crippen LogP contribution in [0.5, 0.6) is 5.75 Å². The Labute approximate surface area is 275 Å². The summed E-state index contributed by atoms with van der Waals surface area (Å²) in [4.78, 5) is 41.5. The summed E-state index contributed by atoms with van der Waals surface area (Å²) in [6.07, 6.45) is 7.72. The first-order valence-electron chi connectivity index (χ1n) is 16.5. The molecule has 4 aromatic rings. The van der Waals surface area contributed by atoms with Crippen molar-refractivity contribution in [1.29, 1.82) is 0 Å². The molecule has 2 aliphatic rings. The molecular weight excluding hydrogens is 592 g/mol. The van der Waals surface area contributed by atoms with Crippen molar-refractivity contribution in [3.63, 3.8) is 0 Å². The molecule has 0 saturated carbocycles. The Morgan fingerprint density at radius 2 is 1.77 bits per heavy atom. The van der Waals surface area contributed by atoms with Crippen LogP contribution in [0.2, 0.25) is 0 Å². The summed E-state index contributed by atoms with van der Waals surface area (Å²) < 4.78 is 7.86. The van der Waals surface area contributed by atoms with Crippen molar-refractivity contribution < 1.29 is 24.2 Å². The average Bonchev–Trinajstić information content (AvgIpc) is 3.55. The van der Waals surface area contributed by atoms with Crippen molar-refractivity contribution in [1.82, 2.24) is 14.7 Å². The molecule has 0 radical (unpaired) electrons. The fourth-order valence-corrected chi connectivity index (χ4v) is 6.67. The third kappa shape index (κ3) is 7.24. The van der Waals surface area contributed by atoms with Gasteiger partial charge in [0.25, 0.3) is 5.91 Å². The third-order valence-electron chi connectivity index (χ3n) is 9.49. The summed E-state index contributed by atoms with van der Waals surface area (Å²) >= 11 is 0. The van der Waals surface area contributed by atoms with Gasteiger partial charge in [-0.1, -0.05) is 36.4 Å². The fraction of sp³-hybridized carbons (Fsp3) is 0.368. The Bertz CT molecular complexity index is 1770. The van der Waals surface area contributed by atoms with Gasteiger partial charge in [-0.15, -0.1) is 0 Å². The van der Waals surface area contributed by atoms with Gasteiger partial charge in [0.2, 0.25) is 5.91 Å². The van der Waals surface area contributed by atoms with E-state index in [1.54, 1.807) is 4.90 Å². The predicted octanol–water partition coefficient (Wildman–Crippen LogP) is 6.29. The van der Waals surface area contributed by atoms with E-state index in [9.17, 15) is 19.5 Å². The van der Waals surface area contributed by atoms with Crippen molar-refractivity contribution in [2.24, 2.45) is 5.92 Å². The number of carboxylic acid groups (broad SMARTS) is 1. The minimum atomic E-state index is -0.787. The topological polar surface area (TPSA) is 105 Å². The smallest absolute Gasteiger partial charge is 0.306 e. The summed E-state index contributed by atoms with van der Waals surface area (Å²) in [6.45, 7) is 6.74. The normalized spacial score (nSPS) is 14.9. The third-order valence-corrected chi connectivity index (χ3v) is 9.49. The van der Waals surface area contributed by atoms with E-state index >= 15 is 0 Å². The molecule has 1 fully saturated rings. The molecule has 244 valence electrons. The molecular formula is C38H42N4O5. The van der Waals surface area contributed by atoms with Gasteiger partial charge in [-0.05, 0) is 98.0 Å². The van der Waals surface area contributed by atoms with Crippen LogP contribution in [0.25, 0.3) is 11.1 Å². The van der Waals surface area contributed by atoms with E-state index in [4.69, 9.17) is 4.74 Å². The van der Waals surface area contributed by atoms with Gasteiger partial charge in [-0.2, -0.15) is 5.10 Å². The molecule has 2 amide bonds. The molecule has 9 nitrogen and oxygen atoms in total. The minimum Gasteiger partial charge on any atom is -0.493 e. The van der Waals surface area contributed by atoms with Gasteiger partial charge in [-0.25, -0.2) is 0 Å². The van der Waals surface area contributed by atoms with Crippen molar-refractivity contribution >= 4 is 23.5 Å². The molecule has 47 heavy (non-hydrogen) atoms. The van der Waals surface area contributed by atoms with E-state index in [1.165, 1.54) is 5.56 Å². The number of carboxylic acids is 1. The number of aryl methyl sites for hydroxylation is 1. The molecule has 3 aromatic carbocycles. The summed E-state index contributed by atoms with van der Waals surface area (Å²) in [5.74, 6) is -0.241. The summed E-state index contributed by atoms with van der Waals surface area (Å²) in [5, 5.41) is 13.9. The van der Waals surface area contributed by atoms with E-state index in [1.807, 2.05) is 70.5 Å². The van der Waals surface area contributed by atoms with E-state index in [0.717, 1.165) is 52.1 Å². The highest BCUT2D eigenvalue weighted by molar-refractivity contribution is 5.96. The van der Waals surface area contributed by atoms with Crippen LogP contribution >= 0.6 is 0 Å². The van der Waals surface area contributed by atoms with Gasteiger partial charge < -0.3 is 19.6 Å². The lowest BCUT2D eigenvalue weighted by Gasteiger charge is -2.31. The Morgan fingerprint density at radius 3 is 2.57 bits per heavy atom. The number of carbonyl (C=O) groups is 3. The number of piperidine rings is 1. The van der Waals surface area contributed by atoms with Crippen molar-refractivity contribution in [2.75, 3.05) is 31.1 Å². The molecule has 3 heterocycles. The van der Waals surface area contributed by atoms with Crippen LogP contribution in [0.15, 0.2) is 73.1 Å². The molecule has 0 spiro atoms. The largest absolute Gasteiger partial charge is 0.493 e. The standard InChI is InChI=1S/C38H42N4O5/c1-26-8-3-14-35(27(26)2)47-21-7-15-36(43)42-18-6-12-33-32(11-5-13-34(33)42)31-23-39-41(25-31)24-28-9-4-10-30(22-28)37(44)40-19-16-29(17-20-40)38(45)46/h3-5,8-11,13-14,22-23,25,29H,6-7,12,15-21,24H2,1-2H3,(H,45,46). The van der Waals surface area contributed by atoms with E-state index in [2.05, 4.69) is 31.1 Å². The number of anilines is 1. The number of ether oxygens (including phenoxy) is 1. The van der Waals surface area contributed by atoms with Crippen molar-refractivity contribution in [3.8, 4) is 16.9 Å². The zero-order valence-electron chi connectivity index (χ0n) is 27.2. The highest BCUT2D eigenvalue weighted by atomic mass is 16.5. The zero-order valence-corrected chi connectivity index (χ0v) is 27.2. The van der Waals surface area contributed by atoms with Crippen LogP contribution in [-0.4, -0.2) is 63.8 Å². The highest BCUT2D eigenvalue weighted by Crippen LogP contribution is 2.36. The average molecular weight is 635 g/mol. The Kier molecular flexibility index (Phi) is 9.71. The predicted molar refractivity (Wildman–Crippen MR) is 181 cm³/mol. The summed E-state index contributed by atoms with van der Waals surface area (Å²) in [6, 6.07) is 19.8. The van der Waals surface area contributed by atoms with Gasteiger partial charge in [0.15, 0.2) is 0 Å². The molecule has 6 rings (SSSR count). The quantitative estimate of drug-likeness (QED) is 0.206. The molecule has 0 atom stereocenters. The number of rotatable bonds is 10. The lowest BCUT2D eigenvalue weighted by atomic mass is 9.93. The van der Waals surface area contributed by atoms with Gasteiger partial charge in [0, 0.05) is 49.1 Å². The SMILES string of the molecule is Cc1cccc(OCCCC(=O)N2CCCc3c(-c4cnn(Cc5cccc(C(=O)N6CCC(C(=O)O)CC6)c5)c4)cccc32)c1C. The number of benzene rings is 3. The maximum absolute atomic E-state index is 13.4. The lowest BCUT2D eigenvalue weighted by Crippen LogP contribution is -2.40. The van der Waals surface area contributed by atoms with Crippen LogP contribution in [0, 0.1) is 19.8 Å². The number of hydrogen-bond acceptors (Lipinski definition) is 5. The Hall–Kier alpha value is -4.92. The second-order valence-corrected chi connectivity index (χ2v) is 12.6. The summed E-state index contributed by atoms with van der Waals surface area (Å²) in [5.41, 5.74) is 8.10. The van der Waals surface area contributed by atoms with Gasteiger partial charge in [-0.3, -0.25) is 19.1 Å². The number of fused-ring (bicyclic) bond motifs is 1. The summed E-state index contributed by atoms with van der Waals surface area (Å²) in [7, 11) is 0. The first-order valence-corrected chi connectivity index (χ1v) is 16.5. The van der Waals surface area contributed by atoms with Crippen LogP contribution in [0.3, 0.4) is 0 Å². The molecule has 2 aliphatic heterocycles. The van der Waals surface area contributed by atoms with E-state index in [0.29, 0.717) is 64.0 Å². The number of amides is 2. The lowest BCUT2D eigenvalue weighted by molar-refractivity contribution is -0.143. The number of hydrogen-bond donors (Lipinski definition) is 1. The monoisotopic (exact) mass is 634 g/mol. The molecule has 9 heteroatoms. The van der Waals surface area contributed by atoms with Crippen molar-refractivity contribution in [2.45, 2.75) is 58.9 Å². The number of aromatic nitrogens is 2. The Balaban J connectivity index is 1.09. The minimum absolute atomic E-state index is 0.0687. The highest BCUT2D eigenvalue weighted by Gasteiger charge is 2.28. The number of carbonyl (C=O) groups excluding carboxylic acids is 2. The van der Waals surface area contributed by atoms with Gasteiger partial charge in [0.05, 0.1) is 25.3 Å². The number of likely N-dealkylation sites (tertiary alicyclic amines) is 1. The Morgan fingerprint density at radius 1 is 0.979 bits per heavy atom. The van der Waals surface area contributed by atoms with Crippen LogP contribution < -0.4 is 9.64 Å². The van der Waals surface area contributed by atoms with Gasteiger partial charge >= 0.3 is 5.97 Å². The number of nitrogens with zero attached hydrogens (tertiary/aromatic N) is 4. The maximum Gasteiger partial charge on any atom is 0.306 e. The second-order valence-electron chi connectivity index (χ2n) is 12.6. The first-order chi connectivity index (χ1) is 22.8. The molecule has 1 saturated heterocycles. The van der Waals surface area contributed by atoms with Crippen LogP contribution in [0.4, 0.5) is 5.69 Å². The van der Waals surface area contributed by atoms with Crippen LogP contribution in [0.1, 0.15) is 64.7 Å². The zero-order chi connectivity index (χ0) is 32.9. The van der Waals surface area contributed by atoms with Crippen LogP contribution in [-0.2, 0) is 22.6 Å². The molecule has 0 bridgehead atoms. The molecule has 0 aliphatic carbocycles. The van der Waals surface area contributed by atoms with E-state index in [-0.39, 0.29) is 17.7 Å². The van der Waals surface area contributed by atoms with Crippen molar-refractivity contribution in [3.05, 3.63) is 101 Å². The molecule has 0 unspecified atom stereocenters.